The highest BCUT2D eigenvalue weighted by Gasteiger charge is 2.18. The quantitative estimate of drug-likeness (QED) is 0.910. The van der Waals surface area contributed by atoms with Crippen molar-refractivity contribution in [3.8, 4) is 0 Å². The third kappa shape index (κ3) is 2.82. The highest BCUT2D eigenvalue weighted by molar-refractivity contribution is 9.10. The molecular weight excluding hydrogens is 338 g/mol. The minimum absolute atomic E-state index is 0.142. The first-order chi connectivity index (χ1) is 8.41. The van der Waals surface area contributed by atoms with Gasteiger partial charge in [-0.25, -0.2) is 8.42 Å². The van der Waals surface area contributed by atoms with Crippen molar-refractivity contribution in [2.24, 2.45) is 5.73 Å². The molecule has 0 aromatic carbocycles. The van der Waals surface area contributed by atoms with Crippen molar-refractivity contribution in [1.29, 1.82) is 0 Å². The number of nitrogens with two attached hydrogens (primary N) is 1. The minimum Gasteiger partial charge on any atom is -0.328 e. The Kier molecular flexibility index (Phi) is 3.90. The van der Waals surface area contributed by atoms with E-state index in [-0.39, 0.29) is 10.9 Å². The average Bonchev–Trinajstić information content (AvgIpc) is 2.88. The van der Waals surface area contributed by atoms with E-state index >= 15 is 0 Å². The van der Waals surface area contributed by atoms with Gasteiger partial charge in [-0.2, -0.15) is 5.10 Å². The van der Waals surface area contributed by atoms with Gasteiger partial charge in [-0.05, 0) is 22.0 Å². The molecule has 18 heavy (non-hydrogen) atoms. The monoisotopic (exact) mass is 349 g/mol. The van der Waals surface area contributed by atoms with Gasteiger partial charge in [-0.1, -0.05) is 0 Å². The molecule has 2 aromatic heterocycles. The van der Waals surface area contributed by atoms with Gasteiger partial charge < -0.3 is 5.73 Å². The van der Waals surface area contributed by atoms with Crippen LogP contribution in [-0.4, -0.2) is 31.0 Å². The summed E-state index contributed by atoms with van der Waals surface area (Å²) in [5.74, 6) is 0. The van der Waals surface area contributed by atoms with Crippen LogP contribution < -0.4 is 5.73 Å². The van der Waals surface area contributed by atoms with Crippen molar-refractivity contribution < 1.29 is 8.42 Å². The van der Waals surface area contributed by atoms with Gasteiger partial charge in [0.05, 0.1) is 12.2 Å². The van der Waals surface area contributed by atoms with Crippen molar-refractivity contribution in [3.05, 3.63) is 33.2 Å². The molecule has 2 rings (SSSR count). The Morgan fingerprint density at radius 2 is 2.33 bits per heavy atom. The molecule has 0 saturated carbocycles. The number of sulfone groups is 1. The average molecular weight is 350 g/mol. The molecule has 8 heteroatoms. The zero-order valence-electron chi connectivity index (χ0n) is 9.58. The molecule has 0 aliphatic rings. The highest BCUT2D eigenvalue weighted by atomic mass is 79.9. The van der Waals surface area contributed by atoms with E-state index in [1.807, 2.05) is 11.4 Å². The van der Waals surface area contributed by atoms with Crippen LogP contribution in [0.25, 0.3) is 0 Å². The largest absolute Gasteiger partial charge is 0.328 e. The van der Waals surface area contributed by atoms with Gasteiger partial charge in [0.2, 0.25) is 0 Å². The summed E-state index contributed by atoms with van der Waals surface area (Å²) in [6.07, 6.45) is 4.02. The van der Waals surface area contributed by atoms with Crippen LogP contribution in [-0.2, 0) is 9.84 Å². The Labute approximate surface area is 118 Å². The Balaban J connectivity index is 2.37. The summed E-state index contributed by atoms with van der Waals surface area (Å²) in [6.45, 7) is 0.359. The number of aromatic nitrogens is 2. The molecule has 0 spiro atoms. The molecule has 98 valence electrons. The molecule has 2 aromatic rings. The van der Waals surface area contributed by atoms with Crippen LogP contribution in [0.5, 0.6) is 0 Å². The number of nitrogens with zero attached hydrogens (tertiary/aromatic N) is 2. The summed E-state index contributed by atoms with van der Waals surface area (Å²) in [5, 5.41) is 6.05. The van der Waals surface area contributed by atoms with E-state index in [0.717, 1.165) is 15.6 Å². The van der Waals surface area contributed by atoms with E-state index in [9.17, 15) is 8.42 Å². The van der Waals surface area contributed by atoms with Crippen LogP contribution in [0.4, 0.5) is 0 Å². The predicted octanol–water partition coefficient (Wildman–Crippen LogP) is 1.66. The van der Waals surface area contributed by atoms with Gasteiger partial charge in [0.1, 0.15) is 4.90 Å². The molecule has 0 aliphatic heterocycles. The summed E-state index contributed by atoms with van der Waals surface area (Å²) in [6, 6.07) is 1.82. The molecule has 0 amide bonds. The molecule has 2 N–H and O–H groups in total. The Bertz CT molecular complexity index is 648. The number of thiophene rings is 1. The molecular formula is C10H12BrN3O2S2. The molecule has 5 nitrogen and oxygen atoms in total. The van der Waals surface area contributed by atoms with Gasteiger partial charge in [-0.15, -0.1) is 11.3 Å². The third-order valence-electron chi connectivity index (χ3n) is 2.46. The van der Waals surface area contributed by atoms with Crippen LogP contribution >= 0.6 is 27.3 Å². The number of rotatable bonds is 4. The van der Waals surface area contributed by atoms with Crippen LogP contribution in [0.3, 0.4) is 0 Å². The number of halogens is 1. The molecule has 0 bridgehead atoms. The van der Waals surface area contributed by atoms with Crippen LogP contribution in [0.15, 0.2) is 33.2 Å². The fraction of sp³-hybridized carbons (Fsp3) is 0.300. The molecule has 1 atom stereocenters. The molecule has 1 unspecified atom stereocenters. The zero-order valence-corrected chi connectivity index (χ0v) is 12.8. The third-order valence-corrected chi connectivity index (χ3v) is 5.33. The summed E-state index contributed by atoms with van der Waals surface area (Å²) in [7, 11) is -3.23. The lowest BCUT2D eigenvalue weighted by molar-refractivity contribution is 0.538. The topological polar surface area (TPSA) is 78.0 Å². The Morgan fingerprint density at radius 1 is 1.61 bits per heavy atom. The number of hydrogen-bond acceptors (Lipinski definition) is 5. The standard InChI is InChI=1S/C10H12BrN3O2S2/c1-18(15,16)8-4-13-14(5-8)9(3-12)10-2-7(11)6-17-10/h2,4-6,9H,3,12H2,1H3. The van der Waals surface area contributed by atoms with Crippen LogP contribution in [0, 0.1) is 0 Å². The van der Waals surface area contributed by atoms with E-state index in [2.05, 4.69) is 21.0 Å². The maximum absolute atomic E-state index is 11.4. The second-order valence-corrected chi connectivity index (χ2v) is 7.72. The molecule has 0 radical (unpaired) electrons. The first kappa shape index (κ1) is 13.7. The minimum atomic E-state index is -3.23. The molecule has 2 heterocycles. The second-order valence-electron chi connectivity index (χ2n) is 3.85. The van der Waals surface area contributed by atoms with Crippen LogP contribution in [0.2, 0.25) is 0 Å². The lowest BCUT2D eigenvalue weighted by Crippen LogP contribution is -2.19. The van der Waals surface area contributed by atoms with E-state index in [1.165, 1.54) is 12.4 Å². The lowest BCUT2D eigenvalue weighted by atomic mass is 10.2. The summed E-state index contributed by atoms with van der Waals surface area (Å²) < 4.78 is 25.4. The van der Waals surface area contributed by atoms with Gasteiger partial charge in [0.15, 0.2) is 9.84 Å². The van der Waals surface area contributed by atoms with Crippen molar-refractivity contribution in [2.75, 3.05) is 12.8 Å². The fourth-order valence-electron chi connectivity index (χ4n) is 1.54. The van der Waals surface area contributed by atoms with E-state index in [1.54, 1.807) is 16.0 Å². The summed E-state index contributed by atoms with van der Waals surface area (Å²) >= 11 is 4.94. The Hall–Kier alpha value is -0.700. The smallest absolute Gasteiger partial charge is 0.178 e. The fourth-order valence-corrected chi connectivity index (χ4v) is 3.63. The highest BCUT2D eigenvalue weighted by Crippen LogP contribution is 2.27. The molecule has 0 saturated heterocycles. The second kappa shape index (κ2) is 5.12. The maximum atomic E-state index is 11.4. The predicted molar refractivity (Wildman–Crippen MR) is 74.5 cm³/mol. The van der Waals surface area contributed by atoms with Crippen molar-refractivity contribution in [3.63, 3.8) is 0 Å². The summed E-state index contributed by atoms with van der Waals surface area (Å²) in [5.41, 5.74) is 5.75. The van der Waals surface area contributed by atoms with Gasteiger partial charge in [0.25, 0.3) is 0 Å². The Morgan fingerprint density at radius 3 is 2.78 bits per heavy atom. The summed E-state index contributed by atoms with van der Waals surface area (Å²) in [4.78, 5) is 1.24. The maximum Gasteiger partial charge on any atom is 0.178 e. The van der Waals surface area contributed by atoms with Crippen molar-refractivity contribution in [1.82, 2.24) is 9.78 Å². The van der Waals surface area contributed by atoms with Crippen molar-refractivity contribution >= 4 is 37.1 Å². The SMILES string of the molecule is CS(=O)(=O)c1cnn(C(CN)c2cc(Br)cs2)c1. The first-order valence-corrected chi connectivity index (χ1v) is 8.66. The lowest BCUT2D eigenvalue weighted by Gasteiger charge is -2.13. The van der Waals surface area contributed by atoms with Crippen LogP contribution in [0.1, 0.15) is 10.9 Å². The van der Waals surface area contributed by atoms with Gasteiger partial charge in [-0.3, -0.25) is 4.68 Å². The number of hydrogen-bond donors (Lipinski definition) is 1. The van der Waals surface area contributed by atoms with Gasteiger partial charge >= 0.3 is 0 Å². The van der Waals surface area contributed by atoms with Gasteiger partial charge in [0, 0.05) is 33.7 Å². The normalized spacial score (nSPS) is 13.7. The first-order valence-electron chi connectivity index (χ1n) is 5.10. The van der Waals surface area contributed by atoms with E-state index in [4.69, 9.17) is 5.73 Å². The zero-order chi connectivity index (χ0) is 13.3. The molecule has 0 fully saturated rings. The van der Waals surface area contributed by atoms with E-state index in [0.29, 0.717) is 6.54 Å². The van der Waals surface area contributed by atoms with Crippen molar-refractivity contribution in [2.45, 2.75) is 10.9 Å². The molecule has 0 aliphatic carbocycles. The van der Waals surface area contributed by atoms with E-state index < -0.39 is 9.84 Å².